The molecule has 10 heteroatoms. The number of aliphatic carboxylic acids is 1. The molecule has 0 radical (unpaired) electrons. The van der Waals surface area contributed by atoms with Gasteiger partial charge in [-0.05, 0) is 72.6 Å². The lowest BCUT2D eigenvalue weighted by Crippen LogP contribution is -2.59. The smallest absolute Gasteiger partial charge is 0.304 e. The Bertz CT molecular complexity index is 1470. The second-order valence-electron chi connectivity index (χ2n) is 12.0. The van der Waals surface area contributed by atoms with Gasteiger partial charge in [-0.2, -0.15) is 4.31 Å². The largest absolute Gasteiger partial charge is 0.481 e. The third-order valence-corrected chi connectivity index (χ3v) is 10.0. The fraction of sp³-hybridized carbons (Fsp3) is 0.394. The Morgan fingerprint density at radius 3 is 2.33 bits per heavy atom. The number of likely N-dealkylation sites (tertiary alicyclic amines) is 1. The first kappa shape index (κ1) is 31.7. The van der Waals surface area contributed by atoms with Gasteiger partial charge in [-0.25, -0.2) is 4.21 Å². The van der Waals surface area contributed by atoms with E-state index in [1.807, 2.05) is 65.6 Å². The number of nitrogens with zero attached hydrogens (tertiary/aromatic N) is 2. The zero-order valence-corrected chi connectivity index (χ0v) is 26.3. The van der Waals surface area contributed by atoms with Crippen LogP contribution in [-0.2, 0) is 27.3 Å². The van der Waals surface area contributed by atoms with Gasteiger partial charge in [0.25, 0.3) is 0 Å². The van der Waals surface area contributed by atoms with Crippen LogP contribution in [0, 0.1) is 11.3 Å². The van der Waals surface area contributed by atoms with Crippen LogP contribution in [0.15, 0.2) is 78.9 Å². The molecule has 43 heavy (non-hydrogen) atoms. The molecule has 3 unspecified atom stereocenters. The van der Waals surface area contributed by atoms with E-state index in [9.17, 15) is 23.5 Å². The molecule has 7 nitrogen and oxygen atoms in total. The molecule has 1 aliphatic carbocycles. The lowest BCUT2D eigenvalue weighted by molar-refractivity contribution is -0.161. The number of hydrogen-bond acceptors (Lipinski definition) is 3. The molecular formula is C33H36Cl2N2O5S. The lowest BCUT2D eigenvalue weighted by Gasteiger charge is -2.52. The summed E-state index contributed by atoms with van der Waals surface area (Å²) in [7, 11) is 0. The predicted molar refractivity (Wildman–Crippen MR) is 169 cm³/mol. The zero-order chi connectivity index (χ0) is 30.7. The molecule has 3 aromatic carbocycles. The van der Waals surface area contributed by atoms with Gasteiger partial charge >= 0.3 is 5.97 Å². The number of carbonyl (C=O) groups excluding carboxylic acids is 1. The minimum Gasteiger partial charge on any atom is -0.481 e. The van der Waals surface area contributed by atoms with Crippen LogP contribution < -0.4 is 0 Å². The van der Waals surface area contributed by atoms with Gasteiger partial charge in [-0.1, -0.05) is 84.7 Å². The number of carboxylic acid groups (broad SMARTS) is 1. The molecule has 0 bridgehead atoms. The Balaban J connectivity index is 1.60. The molecule has 5 rings (SSSR count). The first-order chi connectivity index (χ1) is 20.6. The molecule has 228 valence electrons. The number of hydrogen-bond donors (Lipinski definition) is 2. The van der Waals surface area contributed by atoms with Crippen molar-refractivity contribution in [1.29, 1.82) is 0 Å². The van der Waals surface area contributed by atoms with Crippen LogP contribution in [-0.4, -0.2) is 54.1 Å². The van der Waals surface area contributed by atoms with Crippen LogP contribution in [0.3, 0.4) is 0 Å². The monoisotopic (exact) mass is 642 g/mol. The van der Waals surface area contributed by atoms with Crippen molar-refractivity contribution in [3.8, 4) is 0 Å². The average Bonchev–Trinajstić information content (AvgIpc) is 3.81. The van der Waals surface area contributed by atoms with Gasteiger partial charge in [0, 0.05) is 35.1 Å². The van der Waals surface area contributed by atoms with E-state index in [4.69, 9.17) is 23.2 Å². The average molecular weight is 644 g/mol. The summed E-state index contributed by atoms with van der Waals surface area (Å²) >= 11 is 10.5. The van der Waals surface area contributed by atoms with E-state index in [2.05, 4.69) is 0 Å². The molecule has 1 heterocycles. The molecule has 2 fully saturated rings. The van der Waals surface area contributed by atoms with Crippen LogP contribution in [0.25, 0.3) is 0 Å². The maximum absolute atomic E-state index is 14.6. The fourth-order valence-corrected chi connectivity index (χ4v) is 7.38. The molecule has 1 saturated carbocycles. The molecule has 5 atom stereocenters. The number of carbonyl (C=O) groups is 2. The SMILES string of the molecule is C[C@]1(CC(=O)O)CC(c2cccc(Cl)c2)[C@@H](c2ccc(Cl)cc2)N(C(CN(CCc2ccccc2)S(=O)O)C2CC2)C1=O. The Labute approximate surface area is 265 Å². The topological polar surface area (TPSA) is 98.2 Å². The van der Waals surface area contributed by atoms with E-state index in [1.54, 1.807) is 25.1 Å². The van der Waals surface area contributed by atoms with Gasteiger partial charge in [-0.3, -0.25) is 14.1 Å². The van der Waals surface area contributed by atoms with Crippen LogP contribution in [0.4, 0.5) is 0 Å². The fourth-order valence-electron chi connectivity index (χ4n) is 6.53. The highest BCUT2D eigenvalue weighted by atomic mass is 35.5. The maximum atomic E-state index is 14.6. The summed E-state index contributed by atoms with van der Waals surface area (Å²) in [6.45, 7) is 2.24. The second-order valence-corrected chi connectivity index (χ2v) is 13.8. The third kappa shape index (κ3) is 7.49. The van der Waals surface area contributed by atoms with Gasteiger partial charge in [0.05, 0.1) is 17.9 Å². The highest BCUT2D eigenvalue weighted by Crippen LogP contribution is 2.54. The van der Waals surface area contributed by atoms with E-state index in [0.29, 0.717) is 29.4 Å². The normalized spacial score (nSPS) is 23.7. The Morgan fingerprint density at radius 1 is 1.02 bits per heavy atom. The molecule has 0 aromatic heterocycles. The summed E-state index contributed by atoms with van der Waals surface area (Å²) in [6.07, 6.45) is 2.31. The minimum atomic E-state index is -2.27. The molecule has 3 aromatic rings. The summed E-state index contributed by atoms with van der Waals surface area (Å²) in [5, 5.41) is 11.0. The summed E-state index contributed by atoms with van der Waals surface area (Å²) in [4.78, 5) is 28.6. The van der Waals surface area contributed by atoms with Crippen LogP contribution in [0.1, 0.15) is 61.3 Å². The van der Waals surface area contributed by atoms with Gasteiger partial charge in [0.2, 0.25) is 17.2 Å². The maximum Gasteiger partial charge on any atom is 0.304 e. The van der Waals surface area contributed by atoms with E-state index in [-0.39, 0.29) is 30.7 Å². The molecule has 2 aliphatic rings. The molecule has 0 spiro atoms. The van der Waals surface area contributed by atoms with E-state index < -0.39 is 34.7 Å². The van der Waals surface area contributed by atoms with Gasteiger partial charge < -0.3 is 10.0 Å². The highest BCUT2D eigenvalue weighted by molar-refractivity contribution is 7.76. The zero-order valence-electron chi connectivity index (χ0n) is 23.9. The standard InChI is InChI=1S/C33H36Cl2N2O5S/c1-33(20-30(38)39)19-28(25-8-5-9-27(35)18-25)31(24-12-14-26(34)15-13-24)37(32(33)40)29(23-10-11-23)21-36(43(41)42)17-16-22-6-3-2-4-7-22/h2-9,12-15,18,23,28-29,31H,10-11,16-17,19-21H2,1H3,(H,38,39)(H,41,42)/t28?,29?,31-,33-/m1/s1. The number of carboxylic acids is 1. The van der Waals surface area contributed by atoms with Crippen LogP contribution in [0.2, 0.25) is 10.0 Å². The predicted octanol–water partition coefficient (Wildman–Crippen LogP) is 6.99. The van der Waals surface area contributed by atoms with Crippen molar-refractivity contribution in [3.63, 3.8) is 0 Å². The van der Waals surface area contributed by atoms with Crippen molar-refractivity contribution in [2.45, 2.75) is 57.0 Å². The van der Waals surface area contributed by atoms with Crippen molar-refractivity contribution < 1.29 is 23.5 Å². The molecule has 1 amide bonds. The van der Waals surface area contributed by atoms with Crippen molar-refractivity contribution in [1.82, 2.24) is 9.21 Å². The Kier molecular flexibility index (Phi) is 9.93. The van der Waals surface area contributed by atoms with Gasteiger partial charge in [0.15, 0.2) is 0 Å². The lowest BCUT2D eigenvalue weighted by atomic mass is 9.67. The molecular weight excluding hydrogens is 607 g/mol. The number of rotatable bonds is 12. The van der Waals surface area contributed by atoms with Gasteiger partial charge in [0.1, 0.15) is 0 Å². The summed E-state index contributed by atoms with van der Waals surface area (Å²) in [5.74, 6) is -1.46. The quantitative estimate of drug-likeness (QED) is 0.207. The summed E-state index contributed by atoms with van der Waals surface area (Å²) in [6, 6.07) is 23.8. The second kappa shape index (κ2) is 13.5. The molecule has 1 aliphatic heterocycles. The van der Waals surface area contributed by atoms with Crippen molar-refractivity contribution in [3.05, 3.63) is 106 Å². The first-order valence-electron chi connectivity index (χ1n) is 14.5. The van der Waals surface area contributed by atoms with Crippen molar-refractivity contribution >= 4 is 46.3 Å². The van der Waals surface area contributed by atoms with Crippen molar-refractivity contribution in [2.75, 3.05) is 13.1 Å². The number of halogens is 2. The highest BCUT2D eigenvalue weighted by Gasteiger charge is 2.54. The van der Waals surface area contributed by atoms with Crippen LogP contribution >= 0.6 is 23.2 Å². The Hall–Kier alpha value is -2.75. The van der Waals surface area contributed by atoms with E-state index >= 15 is 0 Å². The van der Waals surface area contributed by atoms with E-state index in [0.717, 1.165) is 29.5 Å². The summed E-state index contributed by atoms with van der Waals surface area (Å²) < 4.78 is 24.6. The summed E-state index contributed by atoms with van der Waals surface area (Å²) in [5.41, 5.74) is 1.63. The Morgan fingerprint density at radius 2 is 1.72 bits per heavy atom. The molecule has 1 saturated heterocycles. The third-order valence-electron chi connectivity index (χ3n) is 8.76. The molecule has 2 N–H and O–H groups in total. The number of amides is 1. The van der Waals surface area contributed by atoms with Crippen molar-refractivity contribution in [2.24, 2.45) is 11.3 Å². The number of benzene rings is 3. The first-order valence-corrected chi connectivity index (χ1v) is 16.3. The minimum absolute atomic E-state index is 0.119. The van der Waals surface area contributed by atoms with Crippen LogP contribution in [0.5, 0.6) is 0 Å². The van der Waals surface area contributed by atoms with Gasteiger partial charge in [-0.15, -0.1) is 0 Å². The van der Waals surface area contributed by atoms with E-state index in [1.165, 1.54) is 4.31 Å². The number of piperidine rings is 1.